The van der Waals surface area contributed by atoms with E-state index < -0.39 is 0 Å². The van der Waals surface area contributed by atoms with E-state index in [2.05, 4.69) is 47.6 Å². The predicted molar refractivity (Wildman–Crippen MR) is 135 cm³/mol. The number of amides is 1. The van der Waals surface area contributed by atoms with Crippen molar-refractivity contribution in [2.75, 3.05) is 27.2 Å². The Morgan fingerprint density at radius 1 is 0.970 bits per heavy atom. The quantitative estimate of drug-likeness (QED) is 0.454. The first-order valence-electron chi connectivity index (χ1n) is 11.9. The summed E-state index contributed by atoms with van der Waals surface area (Å²) in [5.74, 6) is 0.948. The van der Waals surface area contributed by atoms with Crippen molar-refractivity contribution in [3.05, 3.63) is 89.5 Å². The molecule has 0 aliphatic heterocycles. The Morgan fingerprint density at radius 2 is 1.73 bits per heavy atom. The number of likely N-dealkylation sites (N-methyl/N-ethyl adjacent to an activating group) is 1. The SMILES string of the molecule is COc1ccc2c(c1)CC(N(C)CCCCNC(=O)c1ccc(-c3ccccc3)cc1)CC2. The van der Waals surface area contributed by atoms with Crippen LogP contribution in [0.4, 0.5) is 0 Å². The number of fused-ring (bicyclic) bond motifs is 1. The zero-order valence-corrected chi connectivity index (χ0v) is 19.7. The number of rotatable bonds is 9. The zero-order valence-electron chi connectivity index (χ0n) is 19.7. The fourth-order valence-corrected chi connectivity index (χ4v) is 4.63. The summed E-state index contributed by atoms with van der Waals surface area (Å²) in [6.07, 6.45) is 5.47. The number of hydrogen-bond acceptors (Lipinski definition) is 3. The fraction of sp³-hybridized carbons (Fsp3) is 0.345. The number of methoxy groups -OCH3 is 1. The second kappa shape index (κ2) is 11.2. The van der Waals surface area contributed by atoms with Crippen LogP contribution in [0.3, 0.4) is 0 Å². The van der Waals surface area contributed by atoms with E-state index in [1.807, 2.05) is 42.5 Å². The minimum Gasteiger partial charge on any atom is -0.497 e. The van der Waals surface area contributed by atoms with Crippen LogP contribution in [-0.4, -0.2) is 44.1 Å². The number of nitrogens with zero attached hydrogens (tertiary/aromatic N) is 1. The third-order valence-electron chi connectivity index (χ3n) is 6.72. The van der Waals surface area contributed by atoms with E-state index in [-0.39, 0.29) is 5.91 Å². The molecule has 4 rings (SSSR count). The average Bonchev–Trinajstić information content (AvgIpc) is 2.88. The smallest absolute Gasteiger partial charge is 0.251 e. The predicted octanol–water partition coefficient (Wildman–Crippen LogP) is 5.36. The lowest BCUT2D eigenvalue weighted by Gasteiger charge is -2.32. The second-order valence-electron chi connectivity index (χ2n) is 8.92. The van der Waals surface area contributed by atoms with E-state index in [0.717, 1.165) is 49.1 Å². The molecule has 0 saturated carbocycles. The molecule has 0 radical (unpaired) electrons. The van der Waals surface area contributed by atoms with Crippen LogP contribution in [0.1, 0.15) is 40.7 Å². The van der Waals surface area contributed by atoms with Crippen molar-refractivity contribution in [1.82, 2.24) is 10.2 Å². The van der Waals surface area contributed by atoms with Crippen LogP contribution in [0.15, 0.2) is 72.8 Å². The molecular formula is C29H34N2O2. The summed E-state index contributed by atoms with van der Waals surface area (Å²) in [6.45, 7) is 1.75. The Balaban J connectivity index is 1.18. The van der Waals surface area contributed by atoms with Gasteiger partial charge in [-0.25, -0.2) is 0 Å². The molecule has 0 bridgehead atoms. The third-order valence-corrected chi connectivity index (χ3v) is 6.72. The lowest BCUT2D eigenvalue weighted by molar-refractivity contribution is 0.0952. The molecule has 0 aromatic heterocycles. The highest BCUT2D eigenvalue weighted by Gasteiger charge is 2.22. The number of carbonyl (C=O) groups excluding carboxylic acids is 1. The van der Waals surface area contributed by atoms with Gasteiger partial charge in [-0.15, -0.1) is 0 Å². The first-order valence-corrected chi connectivity index (χ1v) is 11.9. The van der Waals surface area contributed by atoms with Gasteiger partial charge in [-0.3, -0.25) is 4.79 Å². The lowest BCUT2D eigenvalue weighted by atomic mass is 9.87. The molecule has 0 heterocycles. The summed E-state index contributed by atoms with van der Waals surface area (Å²) in [4.78, 5) is 15.0. The van der Waals surface area contributed by atoms with Gasteiger partial charge in [-0.05, 0) is 92.2 Å². The molecule has 33 heavy (non-hydrogen) atoms. The topological polar surface area (TPSA) is 41.6 Å². The van der Waals surface area contributed by atoms with Crippen LogP contribution in [0.5, 0.6) is 5.75 Å². The van der Waals surface area contributed by atoms with E-state index in [1.54, 1.807) is 7.11 Å². The van der Waals surface area contributed by atoms with Gasteiger partial charge < -0.3 is 15.0 Å². The number of ether oxygens (including phenoxy) is 1. The van der Waals surface area contributed by atoms with Crippen LogP contribution < -0.4 is 10.1 Å². The normalized spacial score (nSPS) is 15.2. The number of benzene rings is 3. The van der Waals surface area contributed by atoms with Gasteiger partial charge in [0.25, 0.3) is 5.91 Å². The molecule has 0 fully saturated rings. The van der Waals surface area contributed by atoms with Crippen molar-refractivity contribution in [3.8, 4) is 16.9 Å². The summed E-state index contributed by atoms with van der Waals surface area (Å²) in [7, 11) is 3.95. The van der Waals surface area contributed by atoms with E-state index >= 15 is 0 Å². The second-order valence-corrected chi connectivity index (χ2v) is 8.92. The monoisotopic (exact) mass is 442 g/mol. The van der Waals surface area contributed by atoms with E-state index in [9.17, 15) is 4.79 Å². The van der Waals surface area contributed by atoms with Crippen LogP contribution in [0, 0.1) is 0 Å². The zero-order chi connectivity index (χ0) is 23.0. The summed E-state index contributed by atoms with van der Waals surface area (Å²) in [5, 5.41) is 3.07. The van der Waals surface area contributed by atoms with Crippen LogP contribution >= 0.6 is 0 Å². The van der Waals surface area contributed by atoms with Gasteiger partial charge in [-0.2, -0.15) is 0 Å². The summed E-state index contributed by atoms with van der Waals surface area (Å²) < 4.78 is 5.40. The van der Waals surface area contributed by atoms with Crippen molar-refractivity contribution in [2.24, 2.45) is 0 Å². The molecule has 1 aliphatic rings. The van der Waals surface area contributed by atoms with Crippen molar-refractivity contribution in [3.63, 3.8) is 0 Å². The Hall–Kier alpha value is -3.11. The molecule has 1 N–H and O–H groups in total. The highest BCUT2D eigenvalue weighted by atomic mass is 16.5. The van der Waals surface area contributed by atoms with Gasteiger partial charge in [0.05, 0.1) is 7.11 Å². The van der Waals surface area contributed by atoms with Gasteiger partial charge in [-0.1, -0.05) is 48.5 Å². The number of nitrogens with one attached hydrogen (secondary N) is 1. The minimum atomic E-state index is 0.000742. The van der Waals surface area contributed by atoms with Crippen LogP contribution in [-0.2, 0) is 12.8 Å². The van der Waals surface area contributed by atoms with E-state index in [4.69, 9.17) is 4.74 Å². The molecule has 0 spiro atoms. The average molecular weight is 443 g/mol. The summed E-state index contributed by atoms with van der Waals surface area (Å²) >= 11 is 0. The first-order chi connectivity index (χ1) is 16.1. The molecule has 1 aliphatic carbocycles. The Labute approximate surface area is 197 Å². The summed E-state index contributed by atoms with van der Waals surface area (Å²) in [6, 6.07) is 25.1. The molecule has 4 nitrogen and oxygen atoms in total. The molecule has 1 atom stereocenters. The lowest BCUT2D eigenvalue weighted by Crippen LogP contribution is -2.37. The van der Waals surface area contributed by atoms with Crippen molar-refractivity contribution in [1.29, 1.82) is 0 Å². The van der Waals surface area contributed by atoms with Gasteiger partial charge in [0.1, 0.15) is 5.75 Å². The molecule has 4 heteroatoms. The first kappa shape index (κ1) is 23.1. The largest absolute Gasteiger partial charge is 0.497 e. The number of aryl methyl sites for hydroxylation is 1. The molecule has 3 aromatic carbocycles. The molecule has 0 saturated heterocycles. The minimum absolute atomic E-state index is 0.000742. The molecule has 1 amide bonds. The molecular weight excluding hydrogens is 408 g/mol. The highest BCUT2D eigenvalue weighted by molar-refractivity contribution is 5.94. The maximum Gasteiger partial charge on any atom is 0.251 e. The standard InChI is InChI=1S/C29H34N2O2/c1-31(27-16-14-24-15-17-28(33-2)21-26(24)20-27)19-7-6-18-30-29(32)25-12-10-23(11-13-25)22-8-4-3-5-9-22/h3-5,8-13,15,17,21,27H,6-7,14,16,18-20H2,1-2H3,(H,30,32). The van der Waals surface area contributed by atoms with Gasteiger partial charge in [0.2, 0.25) is 0 Å². The van der Waals surface area contributed by atoms with E-state index in [1.165, 1.54) is 17.5 Å². The Bertz CT molecular complexity index is 1050. The van der Waals surface area contributed by atoms with Crippen molar-refractivity contribution >= 4 is 5.91 Å². The van der Waals surface area contributed by atoms with E-state index in [0.29, 0.717) is 18.2 Å². The number of hydrogen-bond donors (Lipinski definition) is 1. The van der Waals surface area contributed by atoms with Crippen molar-refractivity contribution < 1.29 is 9.53 Å². The molecule has 172 valence electrons. The van der Waals surface area contributed by atoms with Crippen LogP contribution in [0.25, 0.3) is 11.1 Å². The van der Waals surface area contributed by atoms with Crippen LogP contribution in [0.2, 0.25) is 0 Å². The Kier molecular flexibility index (Phi) is 7.79. The number of unbranched alkanes of at least 4 members (excludes halogenated alkanes) is 1. The fourth-order valence-electron chi connectivity index (χ4n) is 4.63. The van der Waals surface area contributed by atoms with Gasteiger partial charge in [0, 0.05) is 18.2 Å². The molecule has 1 unspecified atom stereocenters. The van der Waals surface area contributed by atoms with Gasteiger partial charge in [0.15, 0.2) is 0 Å². The third kappa shape index (κ3) is 6.02. The highest BCUT2D eigenvalue weighted by Crippen LogP contribution is 2.27. The van der Waals surface area contributed by atoms with Gasteiger partial charge >= 0.3 is 0 Å². The Morgan fingerprint density at radius 3 is 2.48 bits per heavy atom. The molecule has 3 aromatic rings. The maximum atomic E-state index is 12.5. The number of carbonyl (C=O) groups is 1. The van der Waals surface area contributed by atoms with Crippen molar-refractivity contribution in [2.45, 2.75) is 38.1 Å². The maximum absolute atomic E-state index is 12.5. The summed E-state index contributed by atoms with van der Waals surface area (Å²) in [5.41, 5.74) is 5.87.